The molecule has 0 N–H and O–H groups in total. The molecule has 0 unspecified atom stereocenters. The van der Waals surface area contributed by atoms with Gasteiger partial charge in [-0.25, -0.2) is 0 Å². The molecule has 0 aromatic heterocycles. The second-order valence-electron chi connectivity index (χ2n) is 4.14. The number of thioether (sulfide) groups is 1. The molecule has 0 aliphatic rings. The Hall–Kier alpha value is -0.410. The van der Waals surface area contributed by atoms with E-state index < -0.39 is 0 Å². The van der Waals surface area contributed by atoms with Gasteiger partial charge in [0.25, 0.3) is 0 Å². The minimum atomic E-state index is -0.208. The Morgan fingerprint density at radius 2 is 1.93 bits per heavy atom. The summed E-state index contributed by atoms with van der Waals surface area (Å²) in [5.74, 6) is 0.754. The Balaban J connectivity index is 2.35. The third-order valence-corrected chi connectivity index (χ3v) is 2.92. The molecule has 0 aliphatic heterocycles. The minimum Gasteiger partial charge on any atom is -0.287 e. The zero-order chi connectivity index (χ0) is 11.3. The van der Waals surface area contributed by atoms with E-state index in [2.05, 4.69) is 12.6 Å². The van der Waals surface area contributed by atoms with Crippen LogP contribution in [0.1, 0.15) is 25.8 Å². The van der Waals surface area contributed by atoms with Crippen LogP contribution in [0, 0.1) is 0 Å². The standard InChI is InChI=1S/C12H16OS2/c1-12(2,14)8-11(13)15-9-10-6-4-3-5-7-10/h3-7,14H,8-9H2,1-2H3. The molecule has 0 bridgehead atoms. The van der Waals surface area contributed by atoms with Crippen LogP contribution in [-0.4, -0.2) is 9.86 Å². The molecule has 1 aromatic rings. The summed E-state index contributed by atoms with van der Waals surface area (Å²) in [7, 11) is 0. The third kappa shape index (κ3) is 5.90. The van der Waals surface area contributed by atoms with Crippen LogP contribution in [0.3, 0.4) is 0 Å². The van der Waals surface area contributed by atoms with Gasteiger partial charge in [0, 0.05) is 16.9 Å². The van der Waals surface area contributed by atoms with Gasteiger partial charge in [-0.2, -0.15) is 12.6 Å². The second kappa shape index (κ2) is 5.61. The van der Waals surface area contributed by atoms with Crippen molar-refractivity contribution < 1.29 is 4.79 Å². The molecule has 1 nitrogen and oxygen atoms in total. The normalized spacial score (nSPS) is 11.4. The van der Waals surface area contributed by atoms with E-state index in [9.17, 15) is 4.79 Å². The van der Waals surface area contributed by atoms with Crippen LogP contribution in [0.2, 0.25) is 0 Å². The molecule has 0 aliphatic carbocycles. The summed E-state index contributed by atoms with van der Waals surface area (Å²) in [5.41, 5.74) is 1.19. The monoisotopic (exact) mass is 240 g/mol. The number of carbonyl (C=O) groups excluding carboxylic acids is 1. The molecule has 0 atom stereocenters. The van der Waals surface area contributed by atoms with E-state index in [0.29, 0.717) is 6.42 Å². The number of hydrogen-bond acceptors (Lipinski definition) is 3. The van der Waals surface area contributed by atoms with Gasteiger partial charge in [0.15, 0.2) is 5.12 Å². The Bertz CT molecular complexity index is 314. The lowest BCUT2D eigenvalue weighted by Crippen LogP contribution is -2.14. The molecule has 0 heterocycles. The van der Waals surface area contributed by atoms with Crippen LogP contribution in [0.25, 0.3) is 0 Å². The van der Waals surface area contributed by atoms with E-state index >= 15 is 0 Å². The fraction of sp³-hybridized carbons (Fsp3) is 0.417. The van der Waals surface area contributed by atoms with Crippen molar-refractivity contribution >= 4 is 29.5 Å². The molecule has 0 spiro atoms. The van der Waals surface area contributed by atoms with E-state index in [1.54, 1.807) is 0 Å². The molecule has 3 heteroatoms. The molecule has 0 saturated heterocycles. The zero-order valence-electron chi connectivity index (χ0n) is 9.06. The summed E-state index contributed by atoms with van der Waals surface area (Å²) in [6, 6.07) is 10.0. The summed E-state index contributed by atoms with van der Waals surface area (Å²) in [6.07, 6.45) is 0.508. The number of hydrogen-bond donors (Lipinski definition) is 1. The van der Waals surface area contributed by atoms with Gasteiger partial charge in [-0.1, -0.05) is 55.9 Å². The molecule has 15 heavy (non-hydrogen) atoms. The first kappa shape index (κ1) is 12.7. The Labute approximate surface area is 101 Å². The molecule has 0 radical (unpaired) electrons. The smallest absolute Gasteiger partial charge is 0.190 e. The van der Waals surface area contributed by atoms with Gasteiger partial charge < -0.3 is 0 Å². The average Bonchev–Trinajstić information content (AvgIpc) is 2.14. The summed E-state index contributed by atoms with van der Waals surface area (Å²) in [4.78, 5) is 11.5. The van der Waals surface area contributed by atoms with E-state index in [0.717, 1.165) is 5.75 Å². The van der Waals surface area contributed by atoms with E-state index in [1.165, 1.54) is 17.3 Å². The predicted molar refractivity (Wildman–Crippen MR) is 70.4 cm³/mol. The van der Waals surface area contributed by atoms with Gasteiger partial charge >= 0.3 is 0 Å². The fourth-order valence-corrected chi connectivity index (χ4v) is 2.38. The van der Waals surface area contributed by atoms with Crippen molar-refractivity contribution in [1.29, 1.82) is 0 Å². The highest BCUT2D eigenvalue weighted by Gasteiger charge is 2.16. The summed E-state index contributed by atoms with van der Waals surface area (Å²) in [5, 5.41) is 0.207. The molecule has 1 aromatic carbocycles. The van der Waals surface area contributed by atoms with Gasteiger partial charge in [0.1, 0.15) is 0 Å². The molecule has 0 amide bonds. The third-order valence-electron chi connectivity index (χ3n) is 1.82. The molecule has 0 fully saturated rings. The highest BCUT2D eigenvalue weighted by molar-refractivity contribution is 8.13. The van der Waals surface area contributed by atoms with Crippen molar-refractivity contribution in [2.75, 3.05) is 0 Å². The summed E-state index contributed by atoms with van der Waals surface area (Å²) >= 11 is 5.71. The van der Waals surface area contributed by atoms with Gasteiger partial charge in [-0.05, 0) is 5.56 Å². The number of thiol groups is 1. The van der Waals surface area contributed by atoms with Crippen molar-refractivity contribution in [2.45, 2.75) is 30.8 Å². The first-order valence-electron chi connectivity index (χ1n) is 4.89. The van der Waals surface area contributed by atoms with E-state index in [-0.39, 0.29) is 9.86 Å². The maximum absolute atomic E-state index is 11.5. The predicted octanol–water partition coefficient (Wildman–Crippen LogP) is 3.54. The minimum absolute atomic E-state index is 0.207. The molecule has 82 valence electrons. The van der Waals surface area contributed by atoms with E-state index in [1.807, 2.05) is 44.2 Å². The van der Waals surface area contributed by atoms with E-state index in [4.69, 9.17) is 0 Å². The Morgan fingerprint density at radius 3 is 2.47 bits per heavy atom. The lowest BCUT2D eigenvalue weighted by atomic mass is 10.1. The van der Waals surface area contributed by atoms with Crippen molar-refractivity contribution in [3.05, 3.63) is 35.9 Å². The number of carbonyl (C=O) groups is 1. The molecular formula is C12H16OS2. The fourth-order valence-electron chi connectivity index (χ4n) is 1.14. The first-order valence-corrected chi connectivity index (χ1v) is 6.32. The van der Waals surface area contributed by atoms with Crippen molar-refractivity contribution in [1.82, 2.24) is 0 Å². The van der Waals surface area contributed by atoms with Crippen LogP contribution in [0.5, 0.6) is 0 Å². The maximum atomic E-state index is 11.5. The van der Waals surface area contributed by atoms with Crippen LogP contribution in [0.15, 0.2) is 30.3 Å². The lowest BCUT2D eigenvalue weighted by molar-refractivity contribution is -0.111. The highest BCUT2D eigenvalue weighted by Crippen LogP contribution is 2.23. The average molecular weight is 240 g/mol. The number of rotatable bonds is 4. The zero-order valence-corrected chi connectivity index (χ0v) is 10.8. The number of benzene rings is 1. The lowest BCUT2D eigenvalue weighted by Gasteiger charge is -2.15. The van der Waals surface area contributed by atoms with Crippen LogP contribution in [-0.2, 0) is 10.5 Å². The maximum Gasteiger partial charge on any atom is 0.190 e. The van der Waals surface area contributed by atoms with Gasteiger partial charge in [0.2, 0.25) is 0 Å². The van der Waals surface area contributed by atoms with Crippen molar-refractivity contribution in [3.63, 3.8) is 0 Å². The Kier molecular flexibility index (Phi) is 4.74. The molecule has 0 saturated carbocycles. The quantitative estimate of drug-likeness (QED) is 0.811. The van der Waals surface area contributed by atoms with Crippen molar-refractivity contribution in [3.8, 4) is 0 Å². The van der Waals surface area contributed by atoms with Crippen LogP contribution in [0.4, 0.5) is 0 Å². The first-order chi connectivity index (χ1) is 6.97. The largest absolute Gasteiger partial charge is 0.287 e. The van der Waals surface area contributed by atoms with Gasteiger partial charge in [-0.15, -0.1) is 0 Å². The second-order valence-corrected chi connectivity index (χ2v) is 6.38. The topological polar surface area (TPSA) is 17.1 Å². The molecule has 1 rings (SSSR count). The van der Waals surface area contributed by atoms with Gasteiger partial charge in [0.05, 0.1) is 0 Å². The molecular weight excluding hydrogens is 224 g/mol. The summed E-state index contributed by atoms with van der Waals surface area (Å²) in [6.45, 7) is 3.91. The Morgan fingerprint density at radius 1 is 1.33 bits per heavy atom. The van der Waals surface area contributed by atoms with Gasteiger partial charge in [-0.3, -0.25) is 4.79 Å². The summed E-state index contributed by atoms with van der Waals surface area (Å²) < 4.78 is -0.208. The van der Waals surface area contributed by atoms with Crippen LogP contribution < -0.4 is 0 Å². The highest BCUT2D eigenvalue weighted by atomic mass is 32.2. The SMILES string of the molecule is CC(C)(S)CC(=O)SCc1ccccc1. The van der Waals surface area contributed by atoms with Crippen LogP contribution >= 0.6 is 24.4 Å². The van der Waals surface area contributed by atoms with Crippen molar-refractivity contribution in [2.24, 2.45) is 0 Å².